The molecule has 4 heteroatoms. The molecule has 2 rings (SSSR count). The fraction of sp³-hybridized carbons (Fsp3) is 0.500. The minimum absolute atomic E-state index is 0.143. The van der Waals surface area contributed by atoms with Crippen LogP contribution in [-0.2, 0) is 0 Å². The van der Waals surface area contributed by atoms with Crippen molar-refractivity contribution in [3.8, 4) is 6.07 Å². The number of benzene rings is 1. The van der Waals surface area contributed by atoms with Gasteiger partial charge in [-0.3, -0.25) is 4.90 Å². The van der Waals surface area contributed by atoms with E-state index < -0.39 is 0 Å². The summed E-state index contributed by atoms with van der Waals surface area (Å²) in [6.45, 7) is 4.57. The van der Waals surface area contributed by atoms with E-state index in [9.17, 15) is 4.39 Å². The molecule has 0 aliphatic carbocycles. The summed E-state index contributed by atoms with van der Waals surface area (Å²) in [5, 5.41) is 8.50. The van der Waals surface area contributed by atoms with Crippen molar-refractivity contribution in [2.75, 3.05) is 37.6 Å². The Hall–Kier alpha value is -1.60. The molecule has 0 bridgehead atoms. The van der Waals surface area contributed by atoms with E-state index in [1.165, 1.54) is 6.07 Å². The monoisotopic (exact) mass is 247 g/mol. The molecule has 1 saturated heterocycles. The van der Waals surface area contributed by atoms with Crippen LogP contribution in [0.1, 0.15) is 12.8 Å². The van der Waals surface area contributed by atoms with E-state index >= 15 is 0 Å². The first-order valence-electron chi connectivity index (χ1n) is 6.40. The molecule has 0 spiro atoms. The molecule has 3 nitrogen and oxygen atoms in total. The Labute approximate surface area is 107 Å². The number of hydrogen-bond acceptors (Lipinski definition) is 3. The van der Waals surface area contributed by atoms with Crippen LogP contribution in [0.5, 0.6) is 0 Å². The highest BCUT2D eigenvalue weighted by Gasteiger charge is 2.18. The topological polar surface area (TPSA) is 30.3 Å². The number of unbranched alkanes of at least 4 members (excludes halogenated alkanes) is 1. The Morgan fingerprint density at radius 1 is 1.17 bits per heavy atom. The van der Waals surface area contributed by atoms with Gasteiger partial charge in [-0.25, -0.2) is 4.39 Å². The van der Waals surface area contributed by atoms with Crippen molar-refractivity contribution in [2.24, 2.45) is 0 Å². The summed E-state index contributed by atoms with van der Waals surface area (Å²) in [5.74, 6) is -0.143. The Bertz CT molecular complexity index is 419. The summed E-state index contributed by atoms with van der Waals surface area (Å²) in [7, 11) is 0. The predicted molar refractivity (Wildman–Crippen MR) is 69.9 cm³/mol. The third-order valence-corrected chi connectivity index (χ3v) is 3.33. The number of piperazine rings is 1. The van der Waals surface area contributed by atoms with Crippen molar-refractivity contribution in [1.29, 1.82) is 5.26 Å². The minimum atomic E-state index is -0.143. The summed E-state index contributed by atoms with van der Waals surface area (Å²) in [5.41, 5.74) is 0.703. The van der Waals surface area contributed by atoms with Gasteiger partial charge in [0, 0.05) is 32.6 Å². The Balaban J connectivity index is 1.84. The van der Waals surface area contributed by atoms with Gasteiger partial charge in [0.15, 0.2) is 0 Å². The predicted octanol–water partition coefficient (Wildman–Crippen LogP) is 2.25. The van der Waals surface area contributed by atoms with Gasteiger partial charge in [-0.15, -0.1) is 0 Å². The van der Waals surface area contributed by atoms with E-state index in [0.29, 0.717) is 12.1 Å². The highest BCUT2D eigenvalue weighted by atomic mass is 19.1. The van der Waals surface area contributed by atoms with E-state index in [-0.39, 0.29) is 5.82 Å². The number of anilines is 1. The molecule has 96 valence electrons. The molecule has 0 saturated carbocycles. The lowest BCUT2D eigenvalue weighted by atomic mass is 10.2. The zero-order valence-electron chi connectivity index (χ0n) is 10.5. The van der Waals surface area contributed by atoms with Gasteiger partial charge < -0.3 is 4.90 Å². The number of nitrogens with zero attached hydrogens (tertiary/aromatic N) is 3. The standard InChI is InChI=1S/C14H18FN3/c15-13-5-1-2-6-14(13)18-11-9-17(10-12-18)8-4-3-7-16/h1-2,5-6H,3-4,8-12H2. The van der Waals surface area contributed by atoms with Crippen LogP contribution >= 0.6 is 0 Å². The molecule has 0 amide bonds. The van der Waals surface area contributed by atoms with Gasteiger partial charge in [-0.05, 0) is 25.1 Å². The molecule has 0 unspecified atom stereocenters. The highest BCUT2D eigenvalue weighted by Crippen LogP contribution is 2.20. The molecule has 1 fully saturated rings. The summed E-state index contributed by atoms with van der Waals surface area (Å²) in [6.07, 6.45) is 1.55. The van der Waals surface area contributed by atoms with E-state index in [1.807, 2.05) is 12.1 Å². The molecule has 18 heavy (non-hydrogen) atoms. The summed E-state index contributed by atoms with van der Waals surface area (Å²) >= 11 is 0. The van der Waals surface area contributed by atoms with Crippen molar-refractivity contribution in [2.45, 2.75) is 12.8 Å². The lowest BCUT2D eigenvalue weighted by Crippen LogP contribution is -2.46. The second-order valence-corrected chi connectivity index (χ2v) is 4.54. The van der Waals surface area contributed by atoms with E-state index in [2.05, 4.69) is 15.9 Å². The molecule has 1 aliphatic rings. The van der Waals surface area contributed by atoms with Crippen LogP contribution in [0.3, 0.4) is 0 Å². The maximum atomic E-state index is 13.6. The first-order valence-corrected chi connectivity index (χ1v) is 6.40. The lowest BCUT2D eigenvalue weighted by molar-refractivity contribution is 0.255. The number of hydrogen-bond donors (Lipinski definition) is 0. The number of halogens is 1. The molecule has 0 aromatic heterocycles. The maximum absolute atomic E-state index is 13.6. The zero-order chi connectivity index (χ0) is 12.8. The van der Waals surface area contributed by atoms with E-state index in [4.69, 9.17) is 5.26 Å². The smallest absolute Gasteiger partial charge is 0.146 e. The van der Waals surface area contributed by atoms with Crippen LogP contribution in [0.25, 0.3) is 0 Å². The van der Waals surface area contributed by atoms with Crippen LogP contribution in [0.2, 0.25) is 0 Å². The van der Waals surface area contributed by atoms with Crippen molar-refractivity contribution >= 4 is 5.69 Å². The van der Waals surface area contributed by atoms with Gasteiger partial charge in [0.1, 0.15) is 5.82 Å². The Morgan fingerprint density at radius 3 is 2.56 bits per heavy atom. The van der Waals surface area contributed by atoms with Crippen molar-refractivity contribution in [1.82, 2.24) is 4.90 Å². The second kappa shape index (κ2) is 6.36. The van der Waals surface area contributed by atoms with Gasteiger partial charge in [-0.1, -0.05) is 12.1 Å². The fourth-order valence-corrected chi connectivity index (χ4v) is 2.30. The van der Waals surface area contributed by atoms with Crippen LogP contribution in [-0.4, -0.2) is 37.6 Å². The van der Waals surface area contributed by atoms with Gasteiger partial charge in [-0.2, -0.15) is 5.26 Å². The minimum Gasteiger partial charge on any atom is -0.367 e. The zero-order valence-corrected chi connectivity index (χ0v) is 10.5. The number of nitriles is 1. The molecule has 1 aromatic carbocycles. The van der Waals surface area contributed by atoms with Gasteiger partial charge in [0.25, 0.3) is 0 Å². The van der Waals surface area contributed by atoms with Crippen molar-refractivity contribution in [3.63, 3.8) is 0 Å². The summed E-state index contributed by atoms with van der Waals surface area (Å²) < 4.78 is 13.6. The first kappa shape index (κ1) is 12.8. The average Bonchev–Trinajstić information content (AvgIpc) is 2.41. The molecule has 1 aliphatic heterocycles. The van der Waals surface area contributed by atoms with Crippen molar-refractivity contribution < 1.29 is 4.39 Å². The quantitative estimate of drug-likeness (QED) is 0.764. The molecule has 0 atom stereocenters. The van der Waals surface area contributed by atoms with Crippen LogP contribution in [0.15, 0.2) is 24.3 Å². The van der Waals surface area contributed by atoms with Crippen LogP contribution in [0.4, 0.5) is 10.1 Å². The highest BCUT2D eigenvalue weighted by molar-refractivity contribution is 5.47. The fourth-order valence-electron chi connectivity index (χ4n) is 2.30. The SMILES string of the molecule is N#CCCCN1CCN(c2ccccc2F)CC1. The van der Waals surface area contributed by atoms with Gasteiger partial charge >= 0.3 is 0 Å². The van der Waals surface area contributed by atoms with Crippen molar-refractivity contribution in [3.05, 3.63) is 30.1 Å². The molecule has 0 N–H and O–H groups in total. The molecule has 0 radical (unpaired) electrons. The maximum Gasteiger partial charge on any atom is 0.146 e. The summed E-state index contributed by atoms with van der Waals surface area (Å²) in [6, 6.07) is 9.10. The number of para-hydroxylation sites is 1. The third-order valence-electron chi connectivity index (χ3n) is 3.33. The first-order chi connectivity index (χ1) is 8.81. The summed E-state index contributed by atoms with van der Waals surface area (Å²) in [4.78, 5) is 4.44. The molecule has 1 heterocycles. The third kappa shape index (κ3) is 3.21. The van der Waals surface area contributed by atoms with Gasteiger partial charge in [0.2, 0.25) is 0 Å². The average molecular weight is 247 g/mol. The number of rotatable bonds is 4. The largest absolute Gasteiger partial charge is 0.367 e. The van der Waals surface area contributed by atoms with E-state index in [1.54, 1.807) is 6.07 Å². The molecule has 1 aromatic rings. The molecular weight excluding hydrogens is 229 g/mol. The van der Waals surface area contributed by atoms with Crippen LogP contribution < -0.4 is 4.90 Å². The molecular formula is C14H18FN3. The van der Waals surface area contributed by atoms with Crippen LogP contribution in [0, 0.1) is 17.1 Å². The van der Waals surface area contributed by atoms with Gasteiger partial charge in [0.05, 0.1) is 11.8 Å². The lowest BCUT2D eigenvalue weighted by Gasteiger charge is -2.36. The normalized spacial score (nSPS) is 16.6. The Kier molecular flexibility index (Phi) is 4.54. The van der Waals surface area contributed by atoms with E-state index in [0.717, 1.165) is 39.1 Å². The second-order valence-electron chi connectivity index (χ2n) is 4.54. The Morgan fingerprint density at radius 2 is 1.89 bits per heavy atom.